The highest BCUT2D eigenvalue weighted by Crippen LogP contribution is 2.29. The normalized spacial score (nSPS) is 12.2. The molecule has 106 valence electrons. The maximum absolute atomic E-state index is 6.27. The molecule has 0 aliphatic heterocycles. The first-order valence-corrected chi connectivity index (χ1v) is 7.57. The fourth-order valence-corrected chi connectivity index (χ4v) is 3.05. The van der Waals surface area contributed by atoms with Crippen LogP contribution >= 0.6 is 27.5 Å². The largest absolute Gasteiger partial charge is 0.496 e. The zero-order chi connectivity index (χ0) is 14.5. The number of benzene rings is 2. The van der Waals surface area contributed by atoms with Crippen molar-refractivity contribution in [3.63, 3.8) is 0 Å². The van der Waals surface area contributed by atoms with Crippen molar-refractivity contribution in [2.24, 2.45) is 0 Å². The van der Waals surface area contributed by atoms with E-state index >= 15 is 0 Å². The van der Waals surface area contributed by atoms with Crippen molar-refractivity contribution in [1.82, 2.24) is 5.32 Å². The summed E-state index contributed by atoms with van der Waals surface area (Å²) in [5.74, 6) is 0.840. The Morgan fingerprint density at radius 3 is 2.60 bits per heavy atom. The van der Waals surface area contributed by atoms with E-state index in [-0.39, 0.29) is 6.04 Å². The predicted octanol–water partition coefficient (Wildman–Crippen LogP) is 4.61. The Labute approximate surface area is 133 Å². The third-order valence-electron chi connectivity index (χ3n) is 3.29. The van der Waals surface area contributed by atoms with E-state index in [1.807, 2.05) is 31.3 Å². The first-order valence-electron chi connectivity index (χ1n) is 6.39. The second-order valence-electron chi connectivity index (χ2n) is 4.54. The molecule has 1 unspecified atom stereocenters. The highest BCUT2D eigenvalue weighted by atomic mass is 79.9. The summed E-state index contributed by atoms with van der Waals surface area (Å²) in [4.78, 5) is 0. The van der Waals surface area contributed by atoms with E-state index in [4.69, 9.17) is 16.3 Å². The van der Waals surface area contributed by atoms with Gasteiger partial charge in [-0.15, -0.1) is 0 Å². The molecular formula is C16H17BrClNO. The van der Waals surface area contributed by atoms with Crippen molar-refractivity contribution in [2.75, 3.05) is 14.2 Å². The summed E-state index contributed by atoms with van der Waals surface area (Å²) in [7, 11) is 3.62. The molecule has 0 aliphatic carbocycles. The topological polar surface area (TPSA) is 21.3 Å². The van der Waals surface area contributed by atoms with Gasteiger partial charge in [0, 0.05) is 11.1 Å². The Balaban J connectivity index is 2.23. The molecule has 2 aromatic carbocycles. The Morgan fingerprint density at radius 2 is 2.00 bits per heavy atom. The van der Waals surface area contributed by atoms with E-state index in [1.165, 1.54) is 5.56 Å². The maximum Gasteiger partial charge on any atom is 0.133 e. The summed E-state index contributed by atoms with van der Waals surface area (Å²) < 4.78 is 6.22. The molecule has 2 rings (SSSR count). The Morgan fingerprint density at radius 1 is 1.25 bits per heavy atom. The molecule has 4 heteroatoms. The van der Waals surface area contributed by atoms with Gasteiger partial charge in [0.15, 0.2) is 0 Å². The smallest absolute Gasteiger partial charge is 0.133 e. The van der Waals surface area contributed by atoms with Gasteiger partial charge in [-0.3, -0.25) is 0 Å². The number of rotatable bonds is 5. The van der Waals surface area contributed by atoms with Crippen LogP contribution < -0.4 is 10.1 Å². The van der Waals surface area contributed by atoms with Crippen LogP contribution in [0.4, 0.5) is 0 Å². The minimum absolute atomic E-state index is 0.184. The maximum atomic E-state index is 6.27. The van der Waals surface area contributed by atoms with Crippen LogP contribution in [0.3, 0.4) is 0 Å². The summed E-state index contributed by atoms with van der Waals surface area (Å²) in [6.07, 6.45) is 0.864. The van der Waals surface area contributed by atoms with E-state index < -0.39 is 0 Å². The second kappa shape index (κ2) is 7.11. The Bertz CT molecular complexity index is 588. The van der Waals surface area contributed by atoms with Crippen LogP contribution in [0.2, 0.25) is 5.02 Å². The Hall–Kier alpha value is -1.03. The van der Waals surface area contributed by atoms with Gasteiger partial charge in [0.05, 0.1) is 11.6 Å². The van der Waals surface area contributed by atoms with E-state index in [9.17, 15) is 0 Å². The van der Waals surface area contributed by atoms with E-state index in [0.717, 1.165) is 27.2 Å². The van der Waals surface area contributed by atoms with Crippen LogP contribution in [-0.2, 0) is 6.42 Å². The van der Waals surface area contributed by atoms with Crippen molar-refractivity contribution in [3.8, 4) is 5.75 Å². The zero-order valence-corrected chi connectivity index (χ0v) is 13.8. The van der Waals surface area contributed by atoms with Gasteiger partial charge in [-0.2, -0.15) is 0 Å². The molecule has 0 saturated heterocycles. The average molecular weight is 355 g/mol. The molecule has 0 heterocycles. The van der Waals surface area contributed by atoms with E-state index in [0.29, 0.717) is 0 Å². The van der Waals surface area contributed by atoms with Gasteiger partial charge < -0.3 is 10.1 Å². The van der Waals surface area contributed by atoms with E-state index in [1.54, 1.807) is 7.11 Å². The monoisotopic (exact) mass is 353 g/mol. The predicted molar refractivity (Wildman–Crippen MR) is 87.7 cm³/mol. The van der Waals surface area contributed by atoms with E-state index in [2.05, 4.69) is 39.4 Å². The number of halogens is 2. The molecule has 0 fully saturated rings. The van der Waals surface area contributed by atoms with Crippen molar-refractivity contribution < 1.29 is 4.74 Å². The van der Waals surface area contributed by atoms with Crippen molar-refractivity contribution in [1.29, 1.82) is 0 Å². The quantitative estimate of drug-likeness (QED) is 0.846. The first-order chi connectivity index (χ1) is 9.65. The summed E-state index contributed by atoms with van der Waals surface area (Å²) in [5, 5.41) is 4.12. The fraction of sp³-hybridized carbons (Fsp3) is 0.250. The lowest BCUT2D eigenvalue weighted by atomic mass is 9.99. The number of ether oxygens (including phenoxy) is 1. The van der Waals surface area contributed by atoms with Gasteiger partial charge in [-0.25, -0.2) is 0 Å². The van der Waals surface area contributed by atoms with Gasteiger partial charge in [0.2, 0.25) is 0 Å². The lowest BCUT2D eigenvalue weighted by Crippen LogP contribution is -2.19. The Kier molecular flexibility index (Phi) is 5.46. The third-order valence-corrected chi connectivity index (χ3v) is 4.25. The van der Waals surface area contributed by atoms with Crippen LogP contribution in [0.15, 0.2) is 46.9 Å². The number of hydrogen-bond acceptors (Lipinski definition) is 2. The molecule has 0 bridgehead atoms. The standard InChI is InChI=1S/C16H17BrClNO/c1-19-15(12-5-3-4-6-14(12)18)10-11-7-8-16(20-2)13(17)9-11/h3-9,15,19H,10H2,1-2H3. The molecule has 1 atom stereocenters. The van der Waals surface area contributed by atoms with Crippen molar-refractivity contribution >= 4 is 27.5 Å². The van der Waals surface area contributed by atoms with Crippen LogP contribution in [0.1, 0.15) is 17.2 Å². The summed E-state index contributed by atoms with van der Waals surface area (Å²) in [6.45, 7) is 0. The molecule has 0 aliphatic rings. The van der Waals surface area contributed by atoms with Crippen LogP contribution in [-0.4, -0.2) is 14.2 Å². The lowest BCUT2D eigenvalue weighted by molar-refractivity contribution is 0.412. The fourth-order valence-electron chi connectivity index (χ4n) is 2.20. The third kappa shape index (κ3) is 3.54. The van der Waals surface area contributed by atoms with Gasteiger partial charge in [-0.05, 0) is 58.7 Å². The molecule has 0 aromatic heterocycles. The van der Waals surface area contributed by atoms with Crippen LogP contribution in [0.25, 0.3) is 0 Å². The SMILES string of the molecule is CNC(Cc1ccc(OC)c(Br)c1)c1ccccc1Cl. The first kappa shape index (κ1) is 15.4. The van der Waals surface area contributed by atoms with Crippen molar-refractivity contribution in [3.05, 3.63) is 63.1 Å². The minimum Gasteiger partial charge on any atom is -0.496 e. The number of hydrogen-bond donors (Lipinski definition) is 1. The van der Waals surface area contributed by atoms with Gasteiger partial charge in [0.25, 0.3) is 0 Å². The summed E-state index contributed by atoms with van der Waals surface area (Å²) in [6, 6.07) is 14.2. The molecule has 0 saturated carbocycles. The zero-order valence-electron chi connectivity index (χ0n) is 11.5. The minimum atomic E-state index is 0.184. The summed E-state index contributed by atoms with van der Waals surface area (Å²) in [5.41, 5.74) is 2.33. The molecule has 0 radical (unpaired) electrons. The molecule has 20 heavy (non-hydrogen) atoms. The molecule has 1 N–H and O–H groups in total. The number of nitrogens with one attached hydrogen (secondary N) is 1. The molecule has 2 aromatic rings. The molecule has 0 spiro atoms. The van der Waals surface area contributed by atoms with Crippen molar-refractivity contribution in [2.45, 2.75) is 12.5 Å². The second-order valence-corrected chi connectivity index (χ2v) is 5.80. The molecular weight excluding hydrogens is 338 g/mol. The number of methoxy groups -OCH3 is 1. The highest BCUT2D eigenvalue weighted by molar-refractivity contribution is 9.10. The van der Waals surface area contributed by atoms with Gasteiger partial charge in [0.1, 0.15) is 5.75 Å². The summed E-state index contributed by atoms with van der Waals surface area (Å²) >= 11 is 9.79. The number of likely N-dealkylation sites (N-methyl/N-ethyl adjacent to an activating group) is 1. The molecule has 0 amide bonds. The molecule has 2 nitrogen and oxygen atoms in total. The highest BCUT2D eigenvalue weighted by Gasteiger charge is 2.13. The van der Waals surface area contributed by atoms with Gasteiger partial charge in [-0.1, -0.05) is 35.9 Å². The van der Waals surface area contributed by atoms with Crippen LogP contribution in [0.5, 0.6) is 5.75 Å². The lowest BCUT2D eigenvalue weighted by Gasteiger charge is -2.18. The van der Waals surface area contributed by atoms with Gasteiger partial charge >= 0.3 is 0 Å². The average Bonchev–Trinajstić information content (AvgIpc) is 2.46. The van der Waals surface area contributed by atoms with Crippen LogP contribution in [0, 0.1) is 0 Å².